The number of rotatable bonds is 6. The van der Waals surface area contributed by atoms with E-state index in [4.69, 9.17) is 21.1 Å². The van der Waals surface area contributed by atoms with Crippen LogP contribution in [-0.2, 0) is 42.2 Å². The van der Waals surface area contributed by atoms with Crippen molar-refractivity contribution in [2.75, 3.05) is 26.9 Å². The summed E-state index contributed by atoms with van der Waals surface area (Å²) in [6.45, 7) is 3.57. The largest absolute Gasteiger partial charge is 0.491 e. The van der Waals surface area contributed by atoms with E-state index in [2.05, 4.69) is 6.08 Å². The topological polar surface area (TPSA) is 38.8 Å². The van der Waals surface area contributed by atoms with Gasteiger partial charge >= 0.3 is 0 Å². The minimum absolute atomic E-state index is 0. The van der Waals surface area contributed by atoms with Gasteiger partial charge in [0.2, 0.25) is 5.91 Å². The monoisotopic (exact) mass is 397 g/mol. The van der Waals surface area contributed by atoms with Crippen LogP contribution in [0.25, 0.3) is 5.70 Å². The molecule has 1 aromatic carbocycles. The molecule has 0 saturated carbocycles. The molecule has 1 radical (unpaired) electrons. The summed E-state index contributed by atoms with van der Waals surface area (Å²) in [6, 6.07) is 7.61. The van der Waals surface area contributed by atoms with Gasteiger partial charge in [-0.1, -0.05) is 6.42 Å². The van der Waals surface area contributed by atoms with Crippen LogP contribution in [0.15, 0.2) is 24.3 Å². The van der Waals surface area contributed by atoms with Crippen molar-refractivity contribution in [3.63, 3.8) is 0 Å². The molecule has 117 valence electrons. The van der Waals surface area contributed by atoms with E-state index in [-0.39, 0.29) is 38.6 Å². The summed E-state index contributed by atoms with van der Waals surface area (Å²) in [5.74, 6) is 0.713. The zero-order chi connectivity index (χ0) is 15.2. The van der Waals surface area contributed by atoms with Gasteiger partial charge in [0, 0.05) is 46.4 Å². The second-order valence-corrected chi connectivity index (χ2v) is 5.17. The zero-order valence-electron chi connectivity index (χ0n) is 12.8. The predicted octanol–water partition coefficient (Wildman–Crippen LogP) is 2.71. The van der Waals surface area contributed by atoms with E-state index in [9.17, 15) is 4.79 Å². The normalized spacial score (nSPS) is 17.8. The van der Waals surface area contributed by atoms with E-state index < -0.39 is 5.38 Å². The molecule has 1 amide bonds. The maximum Gasteiger partial charge on any atom is 0.241 e. The predicted molar refractivity (Wildman–Crippen MR) is 82.1 cm³/mol. The fraction of sp³-hybridized carbons (Fsp3) is 0.438. The maximum atomic E-state index is 12.1. The number of halogens is 1. The first-order chi connectivity index (χ1) is 10.2. The average molecular weight is 398 g/mol. The molecular weight excluding hydrogens is 379 g/mol. The van der Waals surface area contributed by atoms with Crippen LogP contribution in [0.5, 0.6) is 5.75 Å². The van der Waals surface area contributed by atoms with Crippen molar-refractivity contribution in [3.05, 3.63) is 35.9 Å². The molecule has 0 aromatic heterocycles. The number of carbonyl (C=O) groups excluding carboxylic acids is 1. The van der Waals surface area contributed by atoms with Gasteiger partial charge in [0.1, 0.15) is 17.7 Å². The summed E-state index contributed by atoms with van der Waals surface area (Å²) >= 11 is 5.99. The smallest absolute Gasteiger partial charge is 0.241 e. The SMILES string of the molecule is CCN1C(=O)C(Cl)C[C-]=C1c1ccc(OCCOC)cc1.[Y]. The van der Waals surface area contributed by atoms with E-state index in [0.29, 0.717) is 26.2 Å². The van der Waals surface area contributed by atoms with E-state index in [1.165, 1.54) is 0 Å². The van der Waals surface area contributed by atoms with E-state index in [0.717, 1.165) is 17.0 Å². The molecule has 0 aliphatic carbocycles. The first-order valence-corrected chi connectivity index (χ1v) is 7.39. The van der Waals surface area contributed by atoms with Gasteiger partial charge in [-0.3, -0.25) is 4.79 Å². The van der Waals surface area contributed by atoms with Crippen LogP contribution in [0, 0.1) is 6.08 Å². The second-order valence-electron chi connectivity index (χ2n) is 4.65. The molecule has 0 saturated heterocycles. The number of amides is 1. The third kappa shape index (κ3) is 4.79. The Morgan fingerprint density at radius 1 is 1.32 bits per heavy atom. The first-order valence-electron chi connectivity index (χ1n) is 6.95. The van der Waals surface area contributed by atoms with Gasteiger partial charge in [-0.25, -0.2) is 6.08 Å². The van der Waals surface area contributed by atoms with E-state index in [1.54, 1.807) is 12.0 Å². The molecule has 1 heterocycles. The minimum atomic E-state index is -0.509. The van der Waals surface area contributed by atoms with Gasteiger partial charge < -0.3 is 14.4 Å². The van der Waals surface area contributed by atoms with Crippen LogP contribution >= 0.6 is 11.6 Å². The minimum Gasteiger partial charge on any atom is -0.491 e. The van der Waals surface area contributed by atoms with Gasteiger partial charge in [0.05, 0.1) is 6.61 Å². The Kier molecular flexibility index (Phi) is 8.62. The van der Waals surface area contributed by atoms with Crippen molar-refractivity contribution in [2.45, 2.75) is 18.7 Å². The Labute approximate surface area is 161 Å². The van der Waals surface area contributed by atoms with Crippen molar-refractivity contribution in [3.8, 4) is 5.75 Å². The Bertz CT molecular complexity index is 519. The number of carbonyl (C=O) groups is 1. The van der Waals surface area contributed by atoms with Crippen LogP contribution in [0.2, 0.25) is 0 Å². The van der Waals surface area contributed by atoms with E-state index >= 15 is 0 Å². The molecular formula is C16H19ClNO3Y-. The van der Waals surface area contributed by atoms with Gasteiger partial charge in [0.15, 0.2) is 0 Å². The van der Waals surface area contributed by atoms with Crippen LogP contribution in [0.1, 0.15) is 18.9 Å². The number of hydrogen-bond acceptors (Lipinski definition) is 3. The van der Waals surface area contributed by atoms with Crippen molar-refractivity contribution in [1.29, 1.82) is 0 Å². The summed E-state index contributed by atoms with van der Waals surface area (Å²) in [7, 11) is 1.64. The van der Waals surface area contributed by atoms with Crippen molar-refractivity contribution in [2.24, 2.45) is 0 Å². The zero-order valence-corrected chi connectivity index (χ0v) is 16.4. The molecule has 2 rings (SSSR count). The third-order valence-electron chi connectivity index (χ3n) is 3.25. The maximum absolute atomic E-state index is 12.1. The molecule has 6 heteroatoms. The first kappa shape index (κ1) is 19.6. The second kappa shape index (κ2) is 9.66. The van der Waals surface area contributed by atoms with Gasteiger partial charge in [-0.05, 0) is 19.1 Å². The number of ether oxygens (including phenoxy) is 2. The molecule has 1 aliphatic rings. The number of methoxy groups -OCH3 is 1. The molecule has 1 aromatic rings. The number of nitrogens with zero attached hydrogens (tertiary/aromatic N) is 1. The molecule has 0 bridgehead atoms. The fourth-order valence-corrected chi connectivity index (χ4v) is 2.37. The molecule has 1 unspecified atom stereocenters. The Balaban J connectivity index is 0.00000242. The molecule has 0 N–H and O–H groups in total. The summed E-state index contributed by atoms with van der Waals surface area (Å²) in [5, 5.41) is -0.509. The molecule has 22 heavy (non-hydrogen) atoms. The summed E-state index contributed by atoms with van der Waals surface area (Å²) in [4.78, 5) is 13.7. The third-order valence-corrected chi connectivity index (χ3v) is 3.59. The van der Waals surface area contributed by atoms with Crippen LogP contribution in [0.4, 0.5) is 0 Å². The molecule has 1 aliphatic heterocycles. The Hall–Kier alpha value is -0.416. The van der Waals surface area contributed by atoms with Crippen molar-refractivity contribution in [1.82, 2.24) is 4.90 Å². The number of benzene rings is 1. The summed E-state index contributed by atoms with van der Waals surface area (Å²) < 4.78 is 10.5. The molecule has 0 fully saturated rings. The fourth-order valence-electron chi connectivity index (χ4n) is 2.17. The Morgan fingerprint density at radius 3 is 2.59 bits per heavy atom. The number of hydrogen-bond donors (Lipinski definition) is 0. The van der Waals surface area contributed by atoms with Gasteiger partial charge in [-0.2, -0.15) is 5.56 Å². The van der Waals surface area contributed by atoms with Crippen LogP contribution in [-0.4, -0.2) is 43.1 Å². The average Bonchev–Trinajstić information content (AvgIpc) is 2.51. The summed E-state index contributed by atoms with van der Waals surface area (Å²) in [5.41, 5.74) is 1.73. The van der Waals surface area contributed by atoms with Gasteiger partial charge in [0.25, 0.3) is 0 Å². The number of allylic oxidation sites excluding steroid dienone is 1. The quantitative estimate of drug-likeness (QED) is 0.421. The van der Waals surface area contributed by atoms with Crippen LogP contribution in [0.3, 0.4) is 0 Å². The van der Waals surface area contributed by atoms with Crippen molar-refractivity contribution >= 4 is 23.2 Å². The van der Waals surface area contributed by atoms with E-state index in [1.807, 2.05) is 31.2 Å². The Morgan fingerprint density at radius 2 is 2.00 bits per heavy atom. The number of alkyl halides is 1. The van der Waals surface area contributed by atoms with Gasteiger partial charge in [-0.15, -0.1) is 29.4 Å². The van der Waals surface area contributed by atoms with Crippen molar-refractivity contribution < 1.29 is 47.0 Å². The standard InChI is InChI=1S/C16H19ClNO3.Y/c1-3-18-15(9-8-14(17)16(18)19)12-4-6-13(7-5-12)21-11-10-20-2;/h4-7,14H,3,8,10-11H2,1-2H3;/q-1;. The molecule has 0 spiro atoms. The van der Waals surface area contributed by atoms with Crippen LogP contribution < -0.4 is 4.74 Å². The summed E-state index contributed by atoms with van der Waals surface area (Å²) in [6.07, 6.45) is 3.66. The molecule has 1 atom stereocenters. The molecule has 4 nitrogen and oxygen atoms in total.